The maximum absolute atomic E-state index is 10.5. The lowest BCUT2D eigenvalue weighted by Gasteiger charge is -2.35. The number of rotatable bonds is 6. The van der Waals surface area contributed by atoms with Crippen molar-refractivity contribution < 1.29 is 14.6 Å². The maximum Gasteiger partial charge on any atom is 0.194 e. The van der Waals surface area contributed by atoms with E-state index < -0.39 is 5.60 Å². The lowest BCUT2D eigenvalue weighted by molar-refractivity contribution is -0.0367. The Kier molecular flexibility index (Phi) is 9.77. The first-order valence-electron chi connectivity index (χ1n) is 9.75. The Morgan fingerprint density at radius 1 is 1.38 bits per heavy atom. The van der Waals surface area contributed by atoms with Crippen molar-refractivity contribution in [3.05, 3.63) is 0 Å². The third-order valence-electron chi connectivity index (χ3n) is 5.22. The van der Waals surface area contributed by atoms with Crippen molar-refractivity contribution in [2.45, 2.75) is 56.8 Å². The van der Waals surface area contributed by atoms with E-state index >= 15 is 0 Å². The summed E-state index contributed by atoms with van der Waals surface area (Å²) in [5.41, 5.74) is -0.617. The fourth-order valence-electron chi connectivity index (χ4n) is 3.62. The van der Waals surface area contributed by atoms with E-state index in [0.717, 1.165) is 76.0 Å². The van der Waals surface area contributed by atoms with Gasteiger partial charge in [-0.15, -0.1) is 24.0 Å². The van der Waals surface area contributed by atoms with Gasteiger partial charge in [-0.1, -0.05) is 0 Å². The van der Waals surface area contributed by atoms with E-state index in [4.69, 9.17) is 14.5 Å². The molecule has 0 aromatic rings. The van der Waals surface area contributed by atoms with Crippen LogP contribution in [0.4, 0.5) is 0 Å². The quantitative estimate of drug-likeness (QED) is 0.332. The van der Waals surface area contributed by atoms with Crippen LogP contribution in [0.1, 0.15) is 39.0 Å². The third kappa shape index (κ3) is 6.68. The molecule has 0 radical (unpaired) electrons. The molecule has 3 rings (SSSR count). The van der Waals surface area contributed by atoms with Gasteiger partial charge in [-0.25, -0.2) is 0 Å². The largest absolute Gasteiger partial charge is 0.387 e. The molecule has 3 aliphatic rings. The fraction of sp³-hybridized carbons (Fsp3) is 0.944. The van der Waals surface area contributed by atoms with Gasteiger partial charge >= 0.3 is 0 Å². The molecule has 8 heteroatoms. The molecule has 2 unspecified atom stereocenters. The number of nitrogens with zero attached hydrogens (tertiary/aromatic N) is 2. The SMILES string of the molecule is CCNC(=NCC1(O)CCSC1)N1CCC(OCC2CCCO2)CC1.I. The van der Waals surface area contributed by atoms with E-state index in [0.29, 0.717) is 18.8 Å². The van der Waals surface area contributed by atoms with Crippen LogP contribution in [0.3, 0.4) is 0 Å². The summed E-state index contributed by atoms with van der Waals surface area (Å²) in [4.78, 5) is 7.04. The van der Waals surface area contributed by atoms with Gasteiger partial charge in [0.05, 0.1) is 31.0 Å². The lowest BCUT2D eigenvalue weighted by Crippen LogP contribution is -2.48. The summed E-state index contributed by atoms with van der Waals surface area (Å²) < 4.78 is 11.7. The minimum Gasteiger partial charge on any atom is -0.387 e. The minimum atomic E-state index is -0.617. The van der Waals surface area contributed by atoms with Crippen LogP contribution in [-0.4, -0.2) is 84.7 Å². The van der Waals surface area contributed by atoms with Gasteiger partial charge in [0.2, 0.25) is 0 Å². The molecule has 6 nitrogen and oxygen atoms in total. The highest BCUT2D eigenvalue weighted by Crippen LogP contribution is 2.28. The second-order valence-corrected chi connectivity index (χ2v) is 8.46. The van der Waals surface area contributed by atoms with Gasteiger partial charge in [-0.05, 0) is 44.8 Å². The average Bonchev–Trinajstić information content (AvgIpc) is 3.29. The smallest absolute Gasteiger partial charge is 0.194 e. The first kappa shape index (κ1) is 22.5. The van der Waals surface area contributed by atoms with Crippen molar-refractivity contribution in [2.75, 3.05) is 50.9 Å². The number of halogens is 1. The van der Waals surface area contributed by atoms with Crippen LogP contribution in [0.2, 0.25) is 0 Å². The minimum absolute atomic E-state index is 0. The number of thioether (sulfide) groups is 1. The Balaban J connectivity index is 0.00000243. The Bertz CT molecular complexity index is 435. The number of piperidine rings is 1. The molecule has 0 aromatic carbocycles. The zero-order valence-corrected chi connectivity index (χ0v) is 19.0. The van der Waals surface area contributed by atoms with E-state index in [1.165, 1.54) is 6.42 Å². The molecule has 0 spiro atoms. The number of aliphatic hydroxyl groups is 1. The van der Waals surface area contributed by atoms with Gasteiger partial charge in [0.25, 0.3) is 0 Å². The molecule has 0 aliphatic carbocycles. The van der Waals surface area contributed by atoms with Gasteiger partial charge in [0.1, 0.15) is 0 Å². The van der Waals surface area contributed by atoms with Crippen LogP contribution < -0.4 is 5.32 Å². The molecule has 0 aromatic heterocycles. The van der Waals surface area contributed by atoms with Crippen molar-refractivity contribution in [1.82, 2.24) is 10.2 Å². The molecule has 0 amide bonds. The maximum atomic E-state index is 10.5. The lowest BCUT2D eigenvalue weighted by atomic mass is 10.0. The van der Waals surface area contributed by atoms with E-state index in [2.05, 4.69) is 17.1 Å². The predicted molar refractivity (Wildman–Crippen MR) is 118 cm³/mol. The fourth-order valence-corrected chi connectivity index (χ4v) is 4.91. The molecular formula is C18H34IN3O3S. The zero-order chi connectivity index (χ0) is 17.5. The number of ether oxygens (including phenoxy) is 2. The molecule has 0 bridgehead atoms. The van der Waals surface area contributed by atoms with E-state index in [1.54, 1.807) is 0 Å². The summed E-state index contributed by atoms with van der Waals surface area (Å²) in [5, 5.41) is 13.9. The molecule has 3 aliphatic heterocycles. The number of guanidine groups is 1. The van der Waals surface area contributed by atoms with Crippen molar-refractivity contribution in [2.24, 2.45) is 4.99 Å². The van der Waals surface area contributed by atoms with Crippen molar-refractivity contribution in [3.8, 4) is 0 Å². The topological polar surface area (TPSA) is 66.3 Å². The second kappa shape index (κ2) is 11.3. The number of aliphatic imine (C=N–C) groups is 1. The third-order valence-corrected chi connectivity index (χ3v) is 6.46. The van der Waals surface area contributed by atoms with Crippen LogP contribution in [0.25, 0.3) is 0 Å². The Labute approximate surface area is 178 Å². The molecule has 2 atom stereocenters. The van der Waals surface area contributed by atoms with Crippen molar-refractivity contribution >= 4 is 41.7 Å². The standard InChI is InChI=1S/C18H33N3O3S.HI/c1-2-19-17(20-13-18(22)7-11-25-14-18)21-8-5-15(6-9-21)24-12-16-4-3-10-23-16;/h15-16,22H,2-14H2,1H3,(H,19,20);1H. The molecule has 26 heavy (non-hydrogen) atoms. The van der Waals surface area contributed by atoms with Crippen LogP contribution >= 0.6 is 35.7 Å². The number of nitrogens with one attached hydrogen (secondary N) is 1. The summed E-state index contributed by atoms with van der Waals surface area (Å²) in [6.45, 7) is 6.97. The van der Waals surface area contributed by atoms with E-state index in [9.17, 15) is 5.11 Å². The first-order valence-corrected chi connectivity index (χ1v) is 10.9. The van der Waals surface area contributed by atoms with Gasteiger partial charge in [-0.3, -0.25) is 4.99 Å². The summed E-state index contributed by atoms with van der Waals surface area (Å²) in [7, 11) is 0. The second-order valence-electron chi connectivity index (χ2n) is 7.35. The molecule has 3 heterocycles. The Morgan fingerprint density at radius 2 is 2.19 bits per heavy atom. The van der Waals surface area contributed by atoms with Gasteiger partial charge < -0.3 is 24.8 Å². The van der Waals surface area contributed by atoms with Crippen LogP contribution in [0.15, 0.2) is 4.99 Å². The first-order chi connectivity index (χ1) is 12.2. The Morgan fingerprint density at radius 3 is 2.81 bits per heavy atom. The summed E-state index contributed by atoms with van der Waals surface area (Å²) in [6.07, 6.45) is 5.84. The molecule has 3 saturated heterocycles. The van der Waals surface area contributed by atoms with Crippen molar-refractivity contribution in [3.63, 3.8) is 0 Å². The highest BCUT2D eigenvalue weighted by atomic mass is 127. The molecule has 0 saturated carbocycles. The van der Waals surface area contributed by atoms with Crippen LogP contribution in [-0.2, 0) is 9.47 Å². The summed E-state index contributed by atoms with van der Waals surface area (Å²) in [6, 6.07) is 0. The van der Waals surface area contributed by atoms with Gasteiger partial charge in [0.15, 0.2) is 5.96 Å². The van der Waals surface area contributed by atoms with Gasteiger partial charge in [0, 0.05) is 32.0 Å². The molecule has 2 N–H and O–H groups in total. The van der Waals surface area contributed by atoms with E-state index in [1.807, 2.05) is 11.8 Å². The highest BCUT2D eigenvalue weighted by molar-refractivity contribution is 14.0. The molecule has 152 valence electrons. The number of hydrogen-bond acceptors (Lipinski definition) is 5. The van der Waals surface area contributed by atoms with Gasteiger partial charge in [-0.2, -0.15) is 11.8 Å². The molecular weight excluding hydrogens is 465 g/mol. The summed E-state index contributed by atoms with van der Waals surface area (Å²) in [5.74, 6) is 2.77. The predicted octanol–water partition coefficient (Wildman–Crippen LogP) is 2.10. The Hall–Kier alpha value is 0.230. The van der Waals surface area contributed by atoms with E-state index in [-0.39, 0.29) is 24.0 Å². The normalized spacial score (nSPS) is 30.5. The van der Waals surface area contributed by atoms with Crippen LogP contribution in [0.5, 0.6) is 0 Å². The van der Waals surface area contributed by atoms with Crippen molar-refractivity contribution in [1.29, 1.82) is 0 Å². The highest BCUT2D eigenvalue weighted by Gasteiger charge is 2.32. The average molecular weight is 499 g/mol. The van der Waals surface area contributed by atoms with Crippen LogP contribution in [0, 0.1) is 0 Å². The summed E-state index contributed by atoms with van der Waals surface area (Å²) >= 11 is 1.82. The molecule has 3 fully saturated rings. The number of hydrogen-bond donors (Lipinski definition) is 2. The zero-order valence-electron chi connectivity index (χ0n) is 15.8. The number of likely N-dealkylation sites (tertiary alicyclic amines) is 1. The monoisotopic (exact) mass is 499 g/mol.